The lowest BCUT2D eigenvalue weighted by Crippen LogP contribution is -2.63. The highest BCUT2D eigenvalue weighted by Gasteiger charge is 2.56. The van der Waals surface area contributed by atoms with Crippen molar-refractivity contribution in [2.24, 2.45) is 5.41 Å². The Labute approximate surface area is 75.4 Å². The smallest absolute Gasteiger partial charge is 0.0478 e. The van der Waals surface area contributed by atoms with Gasteiger partial charge in [-0.15, -0.1) is 0 Å². The van der Waals surface area contributed by atoms with Crippen molar-refractivity contribution >= 4 is 0 Å². The lowest BCUT2D eigenvalue weighted by atomic mass is 9.64. The molecule has 2 rings (SSSR count). The Morgan fingerprint density at radius 1 is 1.33 bits per heavy atom. The zero-order chi connectivity index (χ0) is 8.98. The second kappa shape index (κ2) is 2.14. The monoisotopic (exact) mass is 165 g/mol. The van der Waals surface area contributed by atoms with E-state index in [0.29, 0.717) is 11.0 Å². The van der Waals surface area contributed by atoms with E-state index >= 15 is 0 Å². The van der Waals surface area contributed by atoms with Crippen molar-refractivity contribution in [3.05, 3.63) is 12.2 Å². The molecular weight excluding hydrogens is 146 g/mol. The fourth-order valence-corrected chi connectivity index (χ4v) is 3.05. The molecule has 2 aliphatic rings. The van der Waals surface area contributed by atoms with Crippen molar-refractivity contribution in [2.45, 2.75) is 39.2 Å². The van der Waals surface area contributed by atoms with Crippen LogP contribution < -0.4 is 0 Å². The van der Waals surface area contributed by atoms with Crippen LogP contribution in [0.3, 0.4) is 0 Å². The van der Waals surface area contributed by atoms with Crippen LogP contribution in [-0.4, -0.2) is 23.5 Å². The van der Waals surface area contributed by atoms with Crippen LogP contribution in [0.2, 0.25) is 0 Å². The fourth-order valence-electron chi connectivity index (χ4n) is 3.05. The standard InChI is InChI=1S/C11H19N/c1-9-5-7-12-8-6-11(9,12)10(2,3)4/h1,5-8H2,2-4H3. The minimum atomic E-state index is 0.368. The van der Waals surface area contributed by atoms with Crippen molar-refractivity contribution in [1.82, 2.24) is 4.90 Å². The summed E-state index contributed by atoms with van der Waals surface area (Å²) < 4.78 is 0. The van der Waals surface area contributed by atoms with Gasteiger partial charge in [-0.25, -0.2) is 0 Å². The normalized spacial score (nSPS) is 36.4. The van der Waals surface area contributed by atoms with Gasteiger partial charge in [0.2, 0.25) is 0 Å². The van der Waals surface area contributed by atoms with Gasteiger partial charge in [0.15, 0.2) is 0 Å². The average Bonchev–Trinajstić information content (AvgIpc) is 2.01. The van der Waals surface area contributed by atoms with Gasteiger partial charge in [0.1, 0.15) is 0 Å². The molecule has 0 amide bonds. The molecule has 0 aromatic heterocycles. The maximum atomic E-state index is 4.23. The predicted octanol–water partition coefficient (Wildman–Crippen LogP) is 2.44. The van der Waals surface area contributed by atoms with Crippen LogP contribution in [0.1, 0.15) is 33.6 Å². The summed E-state index contributed by atoms with van der Waals surface area (Å²) in [7, 11) is 0. The zero-order valence-electron chi connectivity index (χ0n) is 8.48. The van der Waals surface area contributed by atoms with Gasteiger partial charge in [-0.3, -0.25) is 4.90 Å². The van der Waals surface area contributed by atoms with Crippen molar-refractivity contribution < 1.29 is 0 Å². The number of hydrogen-bond acceptors (Lipinski definition) is 1. The van der Waals surface area contributed by atoms with Gasteiger partial charge in [-0.1, -0.05) is 32.9 Å². The van der Waals surface area contributed by atoms with Crippen LogP contribution in [0.15, 0.2) is 12.2 Å². The molecule has 68 valence electrons. The second-order valence-corrected chi connectivity index (χ2v) is 5.20. The summed E-state index contributed by atoms with van der Waals surface area (Å²) in [4.78, 5) is 2.61. The van der Waals surface area contributed by atoms with Gasteiger partial charge >= 0.3 is 0 Å². The third kappa shape index (κ3) is 0.731. The Balaban J connectivity index is 2.35. The largest absolute Gasteiger partial charge is 0.293 e. The lowest BCUT2D eigenvalue weighted by molar-refractivity contribution is -0.0345. The Morgan fingerprint density at radius 2 is 2.00 bits per heavy atom. The van der Waals surface area contributed by atoms with E-state index in [0.717, 1.165) is 0 Å². The summed E-state index contributed by atoms with van der Waals surface area (Å²) in [6.45, 7) is 13.8. The highest BCUT2D eigenvalue weighted by Crippen LogP contribution is 2.53. The lowest BCUT2D eigenvalue weighted by Gasteiger charge is -2.57. The first-order valence-corrected chi connectivity index (χ1v) is 4.92. The molecule has 0 aromatic rings. The van der Waals surface area contributed by atoms with Gasteiger partial charge < -0.3 is 0 Å². The maximum Gasteiger partial charge on any atom is 0.0478 e. The molecule has 2 fully saturated rings. The molecule has 0 radical (unpaired) electrons. The van der Waals surface area contributed by atoms with Crippen molar-refractivity contribution in [1.29, 1.82) is 0 Å². The molecule has 1 nitrogen and oxygen atoms in total. The summed E-state index contributed by atoms with van der Waals surface area (Å²) in [5.41, 5.74) is 2.22. The molecule has 2 saturated heterocycles. The first kappa shape index (κ1) is 8.31. The zero-order valence-corrected chi connectivity index (χ0v) is 8.48. The van der Waals surface area contributed by atoms with Crippen LogP contribution in [0.25, 0.3) is 0 Å². The Hall–Kier alpha value is -0.300. The SMILES string of the molecule is C=C1CCN2CCC12C(C)(C)C. The second-order valence-electron chi connectivity index (χ2n) is 5.20. The van der Waals surface area contributed by atoms with E-state index in [-0.39, 0.29) is 0 Å². The van der Waals surface area contributed by atoms with E-state index in [9.17, 15) is 0 Å². The summed E-state index contributed by atoms with van der Waals surface area (Å²) in [6.07, 6.45) is 2.55. The first-order valence-electron chi connectivity index (χ1n) is 4.92. The topological polar surface area (TPSA) is 3.24 Å². The highest BCUT2D eigenvalue weighted by molar-refractivity contribution is 5.31. The van der Waals surface area contributed by atoms with Crippen molar-refractivity contribution in [3.63, 3.8) is 0 Å². The molecular formula is C11H19N. The highest BCUT2D eigenvalue weighted by atomic mass is 15.3. The summed E-state index contributed by atoms with van der Waals surface area (Å²) >= 11 is 0. The molecule has 0 aliphatic carbocycles. The van der Waals surface area contributed by atoms with Crippen LogP contribution in [0.5, 0.6) is 0 Å². The molecule has 2 heterocycles. The van der Waals surface area contributed by atoms with E-state index in [1.54, 1.807) is 0 Å². The van der Waals surface area contributed by atoms with Gasteiger partial charge in [0.25, 0.3) is 0 Å². The third-order valence-electron chi connectivity index (χ3n) is 3.79. The van der Waals surface area contributed by atoms with Crippen molar-refractivity contribution in [2.75, 3.05) is 13.1 Å². The van der Waals surface area contributed by atoms with E-state index in [1.807, 2.05) is 0 Å². The molecule has 0 aromatic carbocycles. The molecule has 1 heteroatoms. The van der Waals surface area contributed by atoms with E-state index in [1.165, 1.54) is 31.5 Å². The predicted molar refractivity (Wildman–Crippen MR) is 52.1 cm³/mol. The molecule has 0 bridgehead atoms. The Morgan fingerprint density at radius 3 is 2.25 bits per heavy atom. The van der Waals surface area contributed by atoms with Gasteiger partial charge in [-0.2, -0.15) is 0 Å². The number of fused-ring (bicyclic) bond motifs is 1. The van der Waals surface area contributed by atoms with Crippen molar-refractivity contribution in [3.8, 4) is 0 Å². The molecule has 12 heavy (non-hydrogen) atoms. The first-order chi connectivity index (χ1) is 5.48. The average molecular weight is 165 g/mol. The van der Waals surface area contributed by atoms with Crippen LogP contribution >= 0.6 is 0 Å². The van der Waals surface area contributed by atoms with E-state index in [2.05, 4.69) is 32.3 Å². The molecule has 0 saturated carbocycles. The van der Waals surface area contributed by atoms with Crippen LogP contribution in [0.4, 0.5) is 0 Å². The molecule has 0 spiro atoms. The van der Waals surface area contributed by atoms with Gasteiger partial charge in [0.05, 0.1) is 0 Å². The minimum absolute atomic E-state index is 0.368. The molecule has 0 N–H and O–H groups in total. The number of nitrogens with zero attached hydrogens (tertiary/aromatic N) is 1. The minimum Gasteiger partial charge on any atom is -0.293 e. The summed E-state index contributed by atoms with van der Waals surface area (Å²) in [5, 5.41) is 0. The summed E-state index contributed by atoms with van der Waals surface area (Å²) in [6, 6.07) is 0. The van der Waals surface area contributed by atoms with Gasteiger partial charge in [0, 0.05) is 18.6 Å². The van der Waals surface area contributed by atoms with Gasteiger partial charge in [-0.05, 0) is 18.3 Å². The molecule has 2 aliphatic heterocycles. The fraction of sp³-hybridized carbons (Fsp3) is 0.818. The maximum absolute atomic E-state index is 4.23. The van der Waals surface area contributed by atoms with Crippen LogP contribution in [-0.2, 0) is 0 Å². The molecule has 1 atom stereocenters. The Bertz CT molecular complexity index is 224. The number of rotatable bonds is 0. The number of hydrogen-bond donors (Lipinski definition) is 0. The Kier molecular flexibility index (Phi) is 1.48. The van der Waals surface area contributed by atoms with E-state index < -0.39 is 0 Å². The quantitative estimate of drug-likeness (QED) is 0.498. The third-order valence-corrected chi connectivity index (χ3v) is 3.79. The van der Waals surface area contributed by atoms with E-state index in [4.69, 9.17) is 0 Å². The summed E-state index contributed by atoms with van der Waals surface area (Å²) in [5.74, 6) is 0. The van der Waals surface area contributed by atoms with Crippen LogP contribution in [0, 0.1) is 5.41 Å². The molecule has 1 unspecified atom stereocenters.